The smallest absolute Gasteiger partial charge is 0.261 e. The summed E-state index contributed by atoms with van der Waals surface area (Å²) in [5, 5.41) is 2.46. The molecule has 0 unspecified atom stereocenters. The molecule has 0 saturated carbocycles. The van der Waals surface area contributed by atoms with Gasteiger partial charge in [-0.1, -0.05) is 200 Å². The minimum atomic E-state index is -2.79. The summed E-state index contributed by atoms with van der Waals surface area (Å²) < 4.78 is 42.4. The molecule has 6 nitrogen and oxygen atoms in total. The van der Waals surface area contributed by atoms with Crippen molar-refractivity contribution in [3.05, 3.63) is 126 Å². The number of rotatable bonds is 29. The largest absolute Gasteiger partial charge is 0.497 e. The standard InChI is InChI=1S/C59H94O6Si3/c1-17-49(45-64-67(18-2,19-3)20-4)42-46(5)56(61-44-51-36-38-52(60-14)39-37-51)48(7)57(62-43-50-30-24-21-25-31-50)47(6)55(65-66(15,16)58(8,9)10)40-41-63-68(59(11,12)13,53-32-26-22-27-33-53)54-34-28-23-29-35-54/h21-39,46-49,55-57H,17-20,40-45H2,1-16H3/t46-,47-,48+,49-,55-,56-,57-/m0/s1. The fourth-order valence-corrected chi connectivity index (χ4v) is 18.9. The maximum Gasteiger partial charge on any atom is 0.261 e. The molecular formula is C59H94O6Si3. The predicted molar refractivity (Wildman–Crippen MR) is 296 cm³/mol. The number of hydrogen-bond donors (Lipinski definition) is 0. The second-order valence-electron chi connectivity index (χ2n) is 22.4. The summed E-state index contributed by atoms with van der Waals surface area (Å²) in [6.07, 6.45) is 2.44. The molecule has 0 aromatic heterocycles. The Kier molecular flexibility index (Phi) is 22.5. The maximum absolute atomic E-state index is 7.66. The first-order valence-corrected chi connectivity index (χ1v) is 33.5. The van der Waals surface area contributed by atoms with Crippen LogP contribution in [0, 0.1) is 23.7 Å². The van der Waals surface area contributed by atoms with Crippen molar-refractivity contribution in [2.75, 3.05) is 20.3 Å². The highest BCUT2D eigenvalue weighted by Gasteiger charge is 2.51. The fourth-order valence-electron chi connectivity index (χ4n) is 10.1. The second kappa shape index (κ2) is 26.5. The van der Waals surface area contributed by atoms with Crippen molar-refractivity contribution in [2.24, 2.45) is 23.7 Å². The van der Waals surface area contributed by atoms with E-state index in [1.165, 1.54) is 10.4 Å². The van der Waals surface area contributed by atoms with E-state index < -0.39 is 25.0 Å². The highest BCUT2D eigenvalue weighted by Crippen LogP contribution is 2.42. The van der Waals surface area contributed by atoms with Crippen molar-refractivity contribution in [3.8, 4) is 5.75 Å². The molecule has 68 heavy (non-hydrogen) atoms. The fraction of sp³-hybridized carbons (Fsp3) is 0.593. The Hall–Kier alpha value is -2.87. The highest BCUT2D eigenvalue weighted by atomic mass is 28.4. The van der Waals surface area contributed by atoms with E-state index in [1.54, 1.807) is 7.11 Å². The maximum atomic E-state index is 7.66. The molecule has 0 N–H and O–H groups in total. The van der Waals surface area contributed by atoms with E-state index >= 15 is 0 Å². The van der Waals surface area contributed by atoms with E-state index in [9.17, 15) is 0 Å². The molecule has 4 rings (SSSR count). The van der Waals surface area contributed by atoms with Crippen molar-refractivity contribution in [2.45, 2.75) is 182 Å². The molecule has 4 aromatic rings. The highest BCUT2D eigenvalue weighted by molar-refractivity contribution is 6.99. The zero-order valence-electron chi connectivity index (χ0n) is 45.5. The number of ether oxygens (including phenoxy) is 3. The SMILES string of the molecule is CC[C@H](CO[Si](CC)(CC)CC)C[C@H](C)[C@H](OCc1ccc(OC)cc1)[C@@H](C)[C@@H](OCc1ccccc1)[C@@H](C)[C@H](CCO[Si](c1ccccc1)(c1ccccc1)C(C)(C)C)O[Si](C)(C)C(C)(C)C. The van der Waals surface area contributed by atoms with Crippen LogP contribution in [0.2, 0.25) is 41.3 Å². The quantitative estimate of drug-likeness (QED) is 0.0505. The molecular weight excluding hydrogens is 889 g/mol. The third-order valence-corrected chi connectivity index (χ3v) is 30.0. The van der Waals surface area contributed by atoms with Gasteiger partial charge in [0.05, 0.1) is 38.6 Å². The van der Waals surface area contributed by atoms with Gasteiger partial charge in [-0.25, -0.2) is 0 Å². The molecule has 0 aliphatic carbocycles. The monoisotopic (exact) mass is 983 g/mol. The average Bonchev–Trinajstić information content (AvgIpc) is 3.33. The van der Waals surface area contributed by atoms with Gasteiger partial charge in [-0.2, -0.15) is 0 Å². The summed E-state index contributed by atoms with van der Waals surface area (Å²) in [5.41, 5.74) is 2.29. The van der Waals surface area contributed by atoms with Gasteiger partial charge >= 0.3 is 0 Å². The second-order valence-corrected chi connectivity index (χ2v) is 36.2. The van der Waals surface area contributed by atoms with Gasteiger partial charge < -0.3 is 27.5 Å². The molecule has 4 aromatic carbocycles. The first-order chi connectivity index (χ1) is 32.2. The van der Waals surface area contributed by atoms with Gasteiger partial charge in [0, 0.05) is 25.0 Å². The number of methoxy groups -OCH3 is 1. The van der Waals surface area contributed by atoms with Crippen LogP contribution in [0.25, 0.3) is 0 Å². The van der Waals surface area contributed by atoms with Crippen molar-refractivity contribution < 1.29 is 27.5 Å². The van der Waals surface area contributed by atoms with Gasteiger partial charge in [0.2, 0.25) is 0 Å². The number of benzene rings is 4. The lowest BCUT2D eigenvalue weighted by Gasteiger charge is -2.46. The Morgan fingerprint density at radius 1 is 0.559 bits per heavy atom. The lowest BCUT2D eigenvalue weighted by Crippen LogP contribution is -2.66. The van der Waals surface area contributed by atoms with E-state index in [4.69, 9.17) is 27.5 Å². The van der Waals surface area contributed by atoms with Crippen molar-refractivity contribution in [1.29, 1.82) is 0 Å². The number of hydrogen-bond acceptors (Lipinski definition) is 6. The van der Waals surface area contributed by atoms with Gasteiger partial charge in [-0.05, 0) is 99.6 Å². The van der Waals surface area contributed by atoms with Crippen LogP contribution in [0.3, 0.4) is 0 Å². The summed E-state index contributed by atoms with van der Waals surface area (Å²) in [5.74, 6) is 1.57. The van der Waals surface area contributed by atoms with Gasteiger partial charge in [0.1, 0.15) is 5.75 Å². The summed E-state index contributed by atoms with van der Waals surface area (Å²) in [7, 11) is -5.10. The minimum absolute atomic E-state index is 0.0133. The Morgan fingerprint density at radius 3 is 1.50 bits per heavy atom. The van der Waals surface area contributed by atoms with E-state index in [1.807, 2.05) is 12.1 Å². The van der Waals surface area contributed by atoms with Gasteiger partial charge in [0.25, 0.3) is 8.32 Å². The van der Waals surface area contributed by atoms with Gasteiger partial charge in [-0.15, -0.1) is 0 Å². The third-order valence-electron chi connectivity index (χ3n) is 15.8. The molecule has 0 heterocycles. The van der Waals surface area contributed by atoms with Crippen LogP contribution >= 0.6 is 0 Å². The van der Waals surface area contributed by atoms with Gasteiger partial charge in [-0.3, -0.25) is 0 Å². The van der Waals surface area contributed by atoms with Crippen LogP contribution in [-0.2, 0) is 36.0 Å². The van der Waals surface area contributed by atoms with Crippen molar-refractivity contribution in [1.82, 2.24) is 0 Å². The summed E-state index contributed by atoms with van der Waals surface area (Å²) in [4.78, 5) is 0. The molecule has 0 bridgehead atoms. The Morgan fingerprint density at radius 2 is 1.04 bits per heavy atom. The molecule has 0 saturated heterocycles. The molecule has 0 spiro atoms. The molecule has 0 aliphatic rings. The van der Waals surface area contributed by atoms with Crippen LogP contribution in [-0.4, -0.2) is 63.6 Å². The normalized spacial score (nSPS) is 16.1. The van der Waals surface area contributed by atoms with E-state index in [0.29, 0.717) is 25.7 Å². The lowest BCUT2D eigenvalue weighted by atomic mass is 9.78. The van der Waals surface area contributed by atoms with Crippen LogP contribution in [0.1, 0.15) is 120 Å². The molecule has 0 fully saturated rings. The first kappa shape index (κ1) is 57.7. The Labute approximate surface area is 419 Å². The van der Waals surface area contributed by atoms with E-state index in [-0.39, 0.29) is 46.1 Å². The first-order valence-electron chi connectivity index (χ1n) is 26.2. The molecule has 0 amide bonds. The van der Waals surface area contributed by atoms with Crippen LogP contribution in [0.5, 0.6) is 5.75 Å². The lowest BCUT2D eigenvalue weighted by molar-refractivity contribution is -0.123. The molecule has 0 aliphatic heterocycles. The van der Waals surface area contributed by atoms with Crippen molar-refractivity contribution in [3.63, 3.8) is 0 Å². The van der Waals surface area contributed by atoms with E-state index in [0.717, 1.165) is 60.9 Å². The average molecular weight is 984 g/mol. The summed E-state index contributed by atoms with van der Waals surface area (Å²) >= 11 is 0. The molecule has 0 radical (unpaired) electrons. The van der Waals surface area contributed by atoms with Crippen LogP contribution in [0.15, 0.2) is 115 Å². The van der Waals surface area contributed by atoms with E-state index in [2.05, 4.69) is 206 Å². The molecule has 7 atom stereocenters. The zero-order valence-corrected chi connectivity index (χ0v) is 48.5. The topological polar surface area (TPSA) is 55.4 Å². The predicted octanol–water partition coefficient (Wildman–Crippen LogP) is 14.9. The minimum Gasteiger partial charge on any atom is -0.497 e. The van der Waals surface area contributed by atoms with Crippen LogP contribution in [0.4, 0.5) is 0 Å². The summed E-state index contributed by atoms with van der Waals surface area (Å²) in [6.45, 7) is 37.8. The molecule has 378 valence electrons. The van der Waals surface area contributed by atoms with Crippen molar-refractivity contribution >= 4 is 35.3 Å². The third kappa shape index (κ3) is 15.3. The molecule has 9 heteroatoms. The van der Waals surface area contributed by atoms with Gasteiger partial charge in [0.15, 0.2) is 16.6 Å². The Bertz CT molecular complexity index is 1930. The van der Waals surface area contributed by atoms with Crippen LogP contribution < -0.4 is 15.1 Å². The summed E-state index contributed by atoms with van der Waals surface area (Å²) in [6, 6.07) is 44.4. The zero-order chi connectivity index (χ0) is 50.2. The Balaban J connectivity index is 1.79.